The Hall–Kier alpha value is -3.62. The van der Waals surface area contributed by atoms with E-state index in [1.54, 1.807) is 30.6 Å². The Morgan fingerprint density at radius 2 is 1.93 bits per heavy atom. The number of hydrogen-bond donors (Lipinski definition) is 2. The van der Waals surface area contributed by atoms with Crippen LogP contribution in [0.15, 0.2) is 46.4 Å². The van der Waals surface area contributed by atoms with Gasteiger partial charge in [-0.15, -0.1) is 0 Å². The quantitative estimate of drug-likeness (QED) is 0.557. The average Bonchev–Trinajstić information content (AvgIpc) is 3.32. The first-order chi connectivity index (χ1) is 13.9. The predicted octanol–water partition coefficient (Wildman–Crippen LogP) is 2.63. The molecule has 0 amide bonds. The molecule has 2 atom stereocenters. The Balaban J connectivity index is 1.61. The number of nitrogens with one attached hydrogen (secondary N) is 2. The molecule has 3 heterocycles. The fourth-order valence-corrected chi connectivity index (χ4v) is 3.78. The van der Waals surface area contributed by atoms with E-state index in [1.165, 1.54) is 17.6 Å². The molecule has 0 radical (unpaired) electrons. The first kappa shape index (κ1) is 17.5. The summed E-state index contributed by atoms with van der Waals surface area (Å²) in [6, 6.07) is 4.92. The molecule has 5 rings (SSSR count). The first-order valence-electron chi connectivity index (χ1n) is 9.05. The highest BCUT2D eigenvalue weighted by molar-refractivity contribution is 5.63. The third-order valence-corrected chi connectivity index (χ3v) is 5.38. The Kier molecular flexibility index (Phi) is 3.73. The van der Waals surface area contributed by atoms with Gasteiger partial charge in [-0.3, -0.25) is 9.78 Å². The Bertz CT molecular complexity index is 1390. The van der Waals surface area contributed by atoms with E-state index >= 15 is 0 Å². The van der Waals surface area contributed by atoms with Crippen LogP contribution < -0.4 is 11.2 Å². The van der Waals surface area contributed by atoms with Crippen LogP contribution in [0.3, 0.4) is 0 Å². The van der Waals surface area contributed by atoms with Gasteiger partial charge in [-0.1, -0.05) is 12.1 Å². The van der Waals surface area contributed by atoms with E-state index in [0.717, 1.165) is 5.56 Å². The van der Waals surface area contributed by atoms with Crippen LogP contribution >= 0.6 is 0 Å². The second-order valence-electron chi connectivity index (χ2n) is 7.21. The highest BCUT2D eigenvalue weighted by atomic mass is 19.2. The second kappa shape index (κ2) is 6.20. The van der Waals surface area contributed by atoms with Gasteiger partial charge >= 0.3 is 5.69 Å². The number of aromatic amines is 2. The van der Waals surface area contributed by atoms with Crippen LogP contribution in [0.2, 0.25) is 0 Å². The topological polar surface area (TPSA) is 95.9 Å². The normalized spacial score (nSPS) is 18.3. The minimum atomic E-state index is -0.825. The van der Waals surface area contributed by atoms with Gasteiger partial charge in [0.25, 0.3) is 5.56 Å². The number of aromatic nitrogens is 5. The summed E-state index contributed by atoms with van der Waals surface area (Å²) in [4.78, 5) is 32.4. The molecule has 9 heteroatoms. The molecule has 146 valence electrons. The zero-order valence-corrected chi connectivity index (χ0v) is 15.2. The van der Waals surface area contributed by atoms with Crippen molar-refractivity contribution < 1.29 is 8.78 Å². The molecule has 1 aromatic carbocycles. The minimum Gasteiger partial charge on any atom is -0.313 e. The van der Waals surface area contributed by atoms with Crippen molar-refractivity contribution in [1.29, 1.82) is 0 Å². The first-order valence-corrected chi connectivity index (χ1v) is 9.05. The zero-order chi connectivity index (χ0) is 20.3. The maximum atomic E-state index is 14.4. The lowest BCUT2D eigenvalue weighted by Crippen LogP contribution is -2.23. The average molecular weight is 395 g/mol. The summed E-state index contributed by atoms with van der Waals surface area (Å²) in [6.07, 6.45) is 5.16. The summed E-state index contributed by atoms with van der Waals surface area (Å²) in [5.41, 5.74) is 1.36. The Morgan fingerprint density at radius 1 is 1.14 bits per heavy atom. The number of aryl methyl sites for hydroxylation is 1. The van der Waals surface area contributed by atoms with Gasteiger partial charge in [0.05, 0.1) is 11.3 Å². The number of benzene rings is 1. The van der Waals surface area contributed by atoms with Crippen molar-refractivity contribution in [1.82, 2.24) is 24.6 Å². The van der Waals surface area contributed by atoms with Crippen LogP contribution in [0.25, 0.3) is 16.9 Å². The van der Waals surface area contributed by atoms with E-state index in [9.17, 15) is 18.4 Å². The van der Waals surface area contributed by atoms with Crippen LogP contribution in [-0.2, 0) is 0 Å². The number of halogens is 2. The van der Waals surface area contributed by atoms with Gasteiger partial charge in [0.15, 0.2) is 17.3 Å². The van der Waals surface area contributed by atoms with Gasteiger partial charge in [0.2, 0.25) is 0 Å². The molecule has 7 nitrogen and oxygen atoms in total. The van der Waals surface area contributed by atoms with E-state index in [1.807, 2.05) is 0 Å². The number of hydrogen-bond acceptors (Lipinski definition) is 4. The lowest BCUT2D eigenvalue weighted by Gasteiger charge is -2.08. The van der Waals surface area contributed by atoms with Crippen molar-refractivity contribution in [3.05, 3.63) is 86.0 Å². The molecular formula is C20H15F2N5O2. The number of nitrogens with zero attached hydrogens (tertiary/aromatic N) is 3. The minimum absolute atomic E-state index is 0.0832. The third-order valence-electron chi connectivity index (χ3n) is 5.38. The summed E-state index contributed by atoms with van der Waals surface area (Å²) in [6.45, 7) is 1.53. The molecule has 1 aliphatic carbocycles. The predicted molar refractivity (Wildman–Crippen MR) is 101 cm³/mol. The Morgan fingerprint density at radius 3 is 2.72 bits per heavy atom. The number of rotatable bonds is 3. The zero-order valence-electron chi connectivity index (χ0n) is 15.2. The third kappa shape index (κ3) is 2.77. The van der Waals surface area contributed by atoms with Gasteiger partial charge in [-0.05, 0) is 42.4 Å². The number of imidazole rings is 1. The Labute approximate surface area is 162 Å². The monoisotopic (exact) mass is 395 g/mol. The maximum absolute atomic E-state index is 14.4. The molecule has 29 heavy (non-hydrogen) atoms. The van der Waals surface area contributed by atoms with Crippen molar-refractivity contribution in [3.8, 4) is 11.3 Å². The molecule has 0 bridgehead atoms. The molecule has 0 unspecified atom stereocenters. The van der Waals surface area contributed by atoms with Crippen molar-refractivity contribution in [2.45, 2.75) is 25.2 Å². The molecule has 1 aliphatic rings. The van der Waals surface area contributed by atoms with Crippen molar-refractivity contribution >= 4 is 5.65 Å². The standard InChI is InChI=1S/C20H15F2N5O2/c1-9-2-3-10(17(22)16(9)21)11-6-12(11)13-7-15(26-27-5-4-23-18(13)27)14-8-24-20(29)25-19(14)28/h2-5,7-8,11-12H,6H2,1H3,(H2,24,25,28,29)/t11-,12+/m1/s1. The molecule has 0 saturated heterocycles. The van der Waals surface area contributed by atoms with E-state index in [0.29, 0.717) is 23.3 Å². The fourth-order valence-electron chi connectivity index (χ4n) is 3.78. The molecule has 1 fully saturated rings. The number of fused-ring (bicyclic) bond motifs is 1. The van der Waals surface area contributed by atoms with Crippen LogP contribution in [0, 0.1) is 18.6 Å². The molecule has 0 aliphatic heterocycles. The maximum Gasteiger partial charge on any atom is 0.325 e. The summed E-state index contributed by atoms with van der Waals surface area (Å²) in [5, 5.41) is 4.39. The van der Waals surface area contributed by atoms with Crippen molar-refractivity contribution in [3.63, 3.8) is 0 Å². The summed E-state index contributed by atoms with van der Waals surface area (Å²) < 4.78 is 30.0. The summed E-state index contributed by atoms with van der Waals surface area (Å²) >= 11 is 0. The van der Waals surface area contributed by atoms with Gasteiger partial charge in [-0.2, -0.15) is 5.10 Å². The molecular weight excluding hydrogens is 380 g/mol. The molecule has 4 aromatic rings. The summed E-state index contributed by atoms with van der Waals surface area (Å²) in [7, 11) is 0. The summed E-state index contributed by atoms with van der Waals surface area (Å²) in [5.74, 6) is -1.91. The molecule has 1 saturated carbocycles. The van der Waals surface area contributed by atoms with Gasteiger partial charge < -0.3 is 4.98 Å². The van der Waals surface area contributed by atoms with Crippen molar-refractivity contribution in [2.75, 3.05) is 0 Å². The highest BCUT2D eigenvalue weighted by Crippen LogP contribution is 2.56. The smallest absolute Gasteiger partial charge is 0.313 e. The van der Waals surface area contributed by atoms with Crippen LogP contribution in [0.4, 0.5) is 8.78 Å². The van der Waals surface area contributed by atoms with E-state index in [4.69, 9.17) is 0 Å². The second-order valence-corrected chi connectivity index (χ2v) is 7.21. The lowest BCUT2D eigenvalue weighted by atomic mass is 10.0. The van der Waals surface area contributed by atoms with Gasteiger partial charge in [0.1, 0.15) is 0 Å². The van der Waals surface area contributed by atoms with Crippen LogP contribution in [0.5, 0.6) is 0 Å². The highest BCUT2D eigenvalue weighted by Gasteiger charge is 2.43. The van der Waals surface area contributed by atoms with Crippen LogP contribution in [-0.4, -0.2) is 24.6 Å². The lowest BCUT2D eigenvalue weighted by molar-refractivity contribution is 0.493. The molecule has 2 N–H and O–H groups in total. The van der Waals surface area contributed by atoms with Gasteiger partial charge in [-0.25, -0.2) is 23.1 Å². The van der Waals surface area contributed by atoms with E-state index in [2.05, 4.69) is 20.1 Å². The SMILES string of the molecule is Cc1ccc([C@H]2C[C@@H]2c2cc(-c3c[nH]c(=O)[nH]c3=O)nn3ccnc23)c(F)c1F. The van der Waals surface area contributed by atoms with E-state index in [-0.39, 0.29) is 23.0 Å². The number of H-pyrrole nitrogens is 2. The fraction of sp³-hybridized carbons (Fsp3) is 0.200. The van der Waals surface area contributed by atoms with E-state index < -0.39 is 22.9 Å². The molecule has 3 aromatic heterocycles. The van der Waals surface area contributed by atoms with Crippen molar-refractivity contribution in [2.24, 2.45) is 0 Å². The molecule has 0 spiro atoms. The van der Waals surface area contributed by atoms with Gasteiger partial charge in [0, 0.05) is 24.2 Å². The van der Waals surface area contributed by atoms with Crippen LogP contribution in [0.1, 0.15) is 34.9 Å². The largest absolute Gasteiger partial charge is 0.325 e.